The zero-order valence-electron chi connectivity index (χ0n) is 13.3. The maximum Gasteiger partial charge on any atom is 0.139 e. The number of carbonyl (C=O) groups is 2. The van der Waals surface area contributed by atoms with E-state index in [0.717, 1.165) is 57.8 Å². The Bertz CT molecular complexity index is 558. The minimum atomic E-state index is -0.0585. The molecule has 0 amide bonds. The van der Waals surface area contributed by atoms with Gasteiger partial charge in [-0.1, -0.05) is 25.0 Å². The van der Waals surface area contributed by atoms with Crippen molar-refractivity contribution in [2.24, 2.45) is 22.7 Å². The van der Waals surface area contributed by atoms with Gasteiger partial charge in [-0.15, -0.1) is 0 Å². The van der Waals surface area contributed by atoms with Crippen molar-refractivity contribution in [1.29, 1.82) is 0 Å². The van der Waals surface area contributed by atoms with Crippen LogP contribution in [0.4, 0.5) is 0 Å². The van der Waals surface area contributed by atoms with E-state index in [4.69, 9.17) is 0 Å². The van der Waals surface area contributed by atoms with Crippen LogP contribution in [0, 0.1) is 22.7 Å². The van der Waals surface area contributed by atoms with Gasteiger partial charge in [-0.3, -0.25) is 9.59 Å². The van der Waals surface area contributed by atoms with Gasteiger partial charge in [0, 0.05) is 24.7 Å². The number of hydrogen-bond donors (Lipinski definition) is 0. The molecule has 0 spiro atoms. The molecule has 0 aromatic rings. The predicted octanol–water partition coefficient (Wildman–Crippen LogP) is 4.23. The number of hydrogen-bond acceptors (Lipinski definition) is 2. The molecule has 0 bridgehead atoms. The molecular formula is C19H26O2. The van der Waals surface area contributed by atoms with E-state index >= 15 is 0 Å². The van der Waals surface area contributed by atoms with Crippen LogP contribution in [0.1, 0.15) is 71.6 Å². The van der Waals surface area contributed by atoms with Crippen molar-refractivity contribution in [3.8, 4) is 0 Å². The molecule has 0 unspecified atom stereocenters. The average molecular weight is 286 g/mol. The summed E-state index contributed by atoms with van der Waals surface area (Å²) in [5.41, 5.74) is 3.47. The van der Waals surface area contributed by atoms with Crippen LogP contribution in [0.5, 0.6) is 0 Å². The number of Topliss-reactive ketones (excluding diaryl/α,β-unsaturated/α-hetero) is 2. The molecule has 2 nitrogen and oxygen atoms in total. The molecule has 0 aliphatic heterocycles. The van der Waals surface area contributed by atoms with Crippen molar-refractivity contribution in [3.63, 3.8) is 0 Å². The second-order valence-electron chi connectivity index (χ2n) is 8.44. The van der Waals surface area contributed by atoms with Gasteiger partial charge in [-0.05, 0) is 55.8 Å². The van der Waals surface area contributed by atoms with Gasteiger partial charge in [0.1, 0.15) is 11.6 Å². The second-order valence-corrected chi connectivity index (χ2v) is 8.44. The van der Waals surface area contributed by atoms with Crippen LogP contribution >= 0.6 is 0 Å². The Morgan fingerprint density at radius 1 is 0.857 bits per heavy atom. The maximum absolute atomic E-state index is 12.3. The maximum atomic E-state index is 12.3. The smallest absolute Gasteiger partial charge is 0.139 e. The third-order valence-corrected chi connectivity index (χ3v) is 7.35. The first-order valence-corrected chi connectivity index (χ1v) is 8.71. The lowest BCUT2D eigenvalue weighted by Crippen LogP contribution is -2.43. The number of allylic oxidation sites excluding steroid dienone is 2. The molecule has 0 radical (unpaired) electrons. The molecule has 21 heavy (non-hydrogen) atoms. The van der Waals surface area contributed by atoms with Gasteiger partial charge in [-0.25, -0.2) is 0 Å². The summed E-state index contributed by atoms with van der Waals surface area (Å²) in [5, 5.41) is 0. The van der Waals surface area contributed by atoms with Crippen molar-refractivity contribution in [2.75, 3.05) is 0 Å². The molecule has 0 N–H and O–H groups in total. The molecule has 4 aliphatic rings. The van der Waals surface area contributed by atoms with E-state index in [9.17, 15) is 9.59 Å². The SMILES string of the molecule is C[C@@]12CCC3=C(CC[C@@]4(C)C(=O)CC[C@H]34)[C@H]1CCC(=O)C2. The van der Waals surface area contributed by atoms with Gasteiger partial charge in [-0.2, -0.15) is 0 Å². The molecule has 114 valence electrons. The van der Waals surface area contributed by atoms with E-state index < -0.39 is 0 Å². The molecule has 4 rings (SSSR count). The van der Waals surface area contributed by atoms with E-state index in [0.29, 0.717) is 23.4 Å². The summed E-state index contributed by atoms with van der Waals surface area (Å²) in [4.78, 5) is 24.2. The molecule has 2 fully saturated rings. The van der Waals surface area contributed by atoms with Crippen LogP contribution < -0.4 is 0 Å². The topological polar surface area (TPSA) is 34.1 Å². The van der Waals surface area contributed by atoms with Gasteiger partial charge in [0.05, 0.1) is 0 Å². The highest BCUT2D eigenvalue weighted by Crippen LogP contribution is 2.61. The van der Waals surface area contributed by atoms with Crippen molar-refractivity contribution in [2.45, 2.75) is 71.6 Å². The molecule has 4 aliphatic carbocycles. The Morgan fingerprint density at radius 3 is 2.33 bits per heavy atom. The first kappa shape index (κ1) is 13.7. The van der Waals surface area contributed by atoms with Crippen molar-refractivity contribution >= 4 is 11.6 Å². The van der Waals surface area contributed by atoms with Crippen LogP contribution in [0.25, 0.3) is 0 Å². The average Bonchev–Trinajstić information content (AvgIpc) is 2.73. The highest BCUT2D eigenvalue weighted by Gasteiger charge is 2.54. The lowest BCUT2D eigenvalue weighted by molar-refractivity contribution is -0.126. The van der Waals surface area contributed by atoms with Crippen molar-refractivity contribution in [1.82, 2.24) is 0 Å². The van der Waals surface area contributed by atoms with Crippen LogP contribution in [0.2, 0.25) is 0 Å². The van der Waals surface area contributed by atoms with Crippen molar-refractivity contribution < 1.29 is 9.59 Å². The Hall–Kier alpha value is -0.920. The molecule has 2 heteroatoms. The van der Waals surface area contributed by atoms with Gasteiger partial charge in [0.25, 0.3) is 0 Å². The molecule has 0 heterocycles. The number of rotatable bonds is 0. The molecule has 4 atom stereocenters. The molecule has 0 aromatic heterocycles. The minimum absolute atomic E-state index is 0.0585. The van der Waals surface area contributed by atoms with Crippen LogP contribution in [0.15, 0.2) is 11.1 Å². The Morgan fingerprint density at radius 2 is 1.52 bits per heavy atom. The first-order chi connectivity index (χ1) is 9.94. The summed E-state index contributed by atoms with van der Waals surface area (Å²) < 4.78 is 0. The van der Waals surface area contributed by atoms with E-state index in [-0.39, 0.29) is 10.8 Å². The second kappa shape index (κ2) is 4.30. The van der Waals surface area contributed by atoms with Gasteiger partial charge in [0.15, 0.2) is 0 Å². The van der Waals surface area contributed by atoms with Gasteiger partial charge in [0.2, 0.25) is 0 Å². The number of carbonyl (C=O) groups excluding carboxylic acids is 2. The fraction of sp³-hybridized carbons (Fsp3) is 0.789. The van der Waals surface area contributed by atoms with Crippen molar-refractivity contribution in [3.05, 3.63) is 11.1 Å². The highest BCUT2D eigenvalue weighted by molar-refractivity contribution is 5.88. The van der Waals surface area contributed by atoms with Crippen LogP contribution in [0.3, 0.4) is 0 Å². The fourth-order valence-corrected chi connectivity index (χ4v) is 6.05. The summed E-state index contributed by atoms with van der Waals surface area (Å²) >= 11 is 0. The number of ketones is 2. The van der Waals surface area contributed by atoms with E-state index in [1.807, 2.05) is 0 Å². The van der Waals surface area contributed by atoms with E-state index in [2.05, 4.69) is 13.8 Å². The summed E-state index contributed by atoms with van der Waals surface area (Å²) in [7, 11) is 0. The van der Waals surface area contributed by atoms with Gasteiger partial charge < -0.3 is 0 Å². The first-order valence-electron chi connectivity index (χ1n) is 8.71. The summed E-state index contributed by atoms with van der Waals surface area (Å²) in [6.45, 7) is 4.56. The number of fused-ring (bicyclic) bond motifs is 4. The standard InChI is InChI=1S/C19H26O2/c1-18-9-7-14-13(15(18)4-3-12(20)11-18)8-10-19(2)16(14)5-6-17(19)21/h15-16H,3-11H2,1-2H3/t15-,16-,18+,19-/m1/s1. The minimum Gasteiger partial charge on any atom is -0.300 e. The zero-order chi connectivity index (χ0) is 14.8. The van der Waals surface area contributed by atoms with E-state index in [1.54, 1.807) is 11.1 Å². The van der Waals surface area contributed by atoms with Crippen LogP contribution in [-0.2, 0) is 9.59 Å². The Labute approximate surface area is 127 Å². The largest absolute Gasteiger partial charge is 0.300 e. The summed E-state index contributed by atoms with van der Waals surface area (Å²) in [5.74, 6) is 2.12. The highest BCUT2D eigenvalue weighted by atomic mass is 16.1. The van der Waals surface area contributed by atoms with E-state index in [1.165, 1.54) is 0 Å². The van der Waals surface area contributed by atoms with Crippen LogP contribution in [-0.4, -0.2) is 11.6 Å². The Kier molecular flexibility index (Phi) is 2.81. The third kappa shape index (κ3) is 1.77. The normalized spacial score (nSPS) is 46.2. The third-order valence-electron chi connectivity index (χ3n) is 7.35. The predicted molar refractivity (Wildman–Crippen MR) is 81.8 cm³/mol. The lowest BCUT2D eigenvalue weighted by Gasteiger charge is -2.51. The zero-order valence-corrected chi connectivity index (χ0v) is 13.3. The lowest BCUT2D eigenvalue weighted by atomic mass is 9.53. The fourth-order valence-electron chi connectivity index (χ4n) is 6.05. The molecular weight excluding hydrogens is 260 g/mol. The molecule has 2 saturated carbocycles. The quantitative estimate of drug-likeness (QED) is 0.624. The summed E-state index contributed by atoms with van der Waals surface area (Å²) in [6, 6.07) is 0. The summed E-state index contributed by atoms with van der Waals surface area (Å²) in [6.07, 6.45) is 8.96. The molecule has 0 saturated heterocycles. The van der Waals surface area contributed by atoms with Gasteiger partial charge >= 0.3 is 0 Å². The molecule has 0 aromatic carbocycles. The Balaban J connectivity index is 1.74. The monoisotopic (exact) mass is 286 g/mol.